The minimum atomic E-state index is -3.58. The molecule has 0 aliphatic heterocycles. The molecule has 11 nitrogen and oxygen atoms in total. The summed E-state index contributed by atoms with van der Waals surface area (Å²) >= 11 is 0. The minimum absolute atomic E-state index is 0.0504. The third-order valence-corrected chi connectivity index (χ3v) is 6.54. The first-order valence-electron chi connectivity index (χ1n) is 9.49. The average molecular weight is 470 g/mol. The molecule has 1 amide bonds. The van der Waals surface area contributed by atoms with E-state index in [2.05, 4.69) is 15.5 Å². The maximum Gasteiger partial charge on any atom is 0.349 e. The van der Waals surface area contributed by atoms with Crippen molar-refractivity contribution < 1.29 is 26.8 Å². The van der Waals surface area contributed by atoms with Crippen LogP contribution in [0.3, 0.4) is 0 Å². The van der Waals surface area contributed by atoms with Gasteiger partial charge in [-0.2, -0.15) is 0 Å². The number of amides is 1. The molecule has 0 aliphatic carbocycles. The van der Waals surface area contributed by atoms with Gasteiger partial charge in [0, 0.05) is 25.0 Å². The largest absolute Gasteiger partial charge is 0.493 e. The molecule has 2 aromatic heterocycles. The number of ether oxygens (including phenoxy) is 1. The summed E-state index contributed by atoms with van der Waals surface area (Å²) in [6.45, 7) is 0. The van der Waals surface area contributed by atoms with Gasteiger partial charge in [0.15, 0.2) is 11.3 Å². The van der Waals surface area contributed by atoms with E-state index in [-0.39, 0.29) is 27.9 Å². The van der Waals surface area contributed by atoms with Gasteiger partial charge in [0.2, 0.25) is 15.9 Å². The third kappa shape index (κ3) is 4.21. The van der Waals surface area contributed by atoms with Crippen LogP contribution in [0.1, 0.15) is 10.4 Å². The van der Waals surface area contributed by atoms with E-state index in [1.807, 2.05) is 0 Å². The molecule has 0 radical (unpaired) electrons. The molecule has 0 unspecified atom stereocenters. The zero-order chi connectivity index (χ0) is 23.8. The number of rotatable bonds is 6. The molecule has 0 saturated carbocycles. The second-order valence-corrected chi connectivity index (χ2v) is 9.16. The SMILES string of the molecule is COc1cccc2cc(C(=O)Nc3nnc(-c4ccc(S(=O)(=O)N(C)C)cc4)o3)c(=O)oc12. The van der Waals surface area contributed by atoms with Crippen molar-refractivity contribution in [3.63, 3.8) is 0 Å². The summed E-state index contributed by atoms with van der Waals surface area (Å²) < 4.78 is 41.3. The summed E-state index contributed by atoms with van der Waals surface area (Å²) in [6, 6.07) is 11.9. The first-order chi connectivity index (χ1) is 15.7. The van der Waals surface area contributed by atoms with E-state index < -0.39 is 21.6 Å². The van der Waals surface area contributed by atoms with Gasteiger partial charge in [0.05, 0.1) is 12.0 Å². The molecule has 4 rings (SSSR count). The molecule has 0 bridgehead atoms. The van der Waals surface area contributed by atoms with Crippen LogP contribution in [0.25, 0.3) is 22.4 Å². The molecule has 2 aromatic carbocycles. The molecule has 2 heterocycles. The summed E-state index contributed by atoms with van der Waals surface area (Å²) in [5.41, 5.74) is -0.449. The van der Waals surface area contributed by atoms with Gasteiger partial charge < -0.3 is 13.6 Å². The van der Waals surface area contributed by atoms with Crippen molar-refractivity contribution in [3.05, 3.63) is 64.5 Å². The predicted molar refractivity (Wildman–Crippen MR) is 118 cm³/mol. The Balaban J connectivity index is 1.56. The summed E-state index contributed by atoms with van der Waals surface area (Å²) in [5, 5.41) is 10.5. The van der Waals surface area contributed by atoms with Crippen LogP contribution in [0, 0.1) is 0 Å². The van der Waals surface area contributed by atoms with Gasteiger partial charge in [-0.15, -0.1) is 5.10 Å². The van der Waals surface area contributed by atoms with E-state index in [0.29, 0.717) is 16.7 Å². The van der Waals surface area contributed by atoms with Crippen molar-refractivity contribution >= 4 is 32.9 Å². The van der Waals surface area contributed by atoms with Crippen molar-refractivity contribution in [2.45, 2.75) is 4.90 Å². The van der Waals surface area contributed by atoms with Crippen LogP contribution in [-0.4, -0.2) is 50.0 Å². The standard InChI is InChI=1S/C21H18N4O7S/c1-25(2)33(28,29)14-9-7-12(8-10-14)19-23-24-21(32-19)22-18(26)15-11-13-5-4-6-16(30-3)17(13)31-20(15)27/h4-11H,1-3H3,(H,22,24,26). The molecular formula is C21H18N4O7S. The van der Waals surface area contributed by atoms with Crippen molar-refractivity contribution in [2.24, 2.45) is 0 Å². The number of anilines is 1. The van der Waals surface area contributed by atoms with E-state index in [1.54, 1.807) is 18.2 Å². The Bertz CT molecular complexity index is 1510. The van der Waals surface area contributed by atoms with E-state index >= 15 is 0 Å². The molecule has 0 fully saturated rings. The lowest BCUT2D eigenvalue weighted by atomic mass is 10.1. The van der Waals surface area contributed by atoms with E-state index in [1.165, 1.54) is 51.5 Å². The smallest absolute Gasteiger partial charge is 0.349 e. The lowest BCUT2D eigenvalue weighted by Crippen LogP contribution is -2.22. The minimum Gasteiger partial charge on any atom is -0.493 e. The summed E-state index contributed by atoms with van der Waals surface area (Å²) in [7, 11) is 0.730. The second-order valence-electron chi connectivity index (χ2n) is 7.00. The Morgan fingerprint density at radius 2 is 1.79 bits per heavy atom. The van der Waals surface area contributed by atoms with Crippen molar-refractivity contribution in [1.29, 1.82) is 0 Å². The van der Waals surface area contributed by atoms with E-state index in [4.69, 9.17) is 13.6 Å². The Hall–Kier alpha value is -4.03. The number of aromatic nitrogens is 2. The predicted octanol–water partition coefficient (Wildman–Crippen LogP) is 2.35. The summed E-state index contributed by atoms with van der Waals surface area (Å²) in [4.78, 5) is 25.0. The zero-order valence-electron chi connectivity index (χ0n) is 17.7. The molecule has 33 heavy (non-hydrogen) atoms. The van der Waals surface area contributed by atoms with Crippen molar-refractivity contribution in [1.82, 2.24) is 14.5 Å². The molecule has 170 valence electrons. The first-order valence-corrected chi connectivity index (χ1v) is 10.9. The number of methoxy groups -OCH3 is 1. The first kappa shape index (κ1) is 22.2. The lowest BCUT2D eigenvalue weighted by Gasteiger charge is -2.11. The number of nitrogens with zero attached hydrogens (tertiary/aromatic N) is 3. The fourth-order valence-electron chi connectivity index (χ4n) is 2.97. The number of hydrogen-bond donors (Lipinski definition) is 1. The number of benzene rings is 2. The molecule has 0 atom stereocenters. The monoisotopic (exact) mass is 470 g/mol. The number of carbonyl (C=O) groups is 1. The van der Waals surface area contributed by atoms with E-state index in [9.17, 15) is 18.0 Å². The Morgan fingerprint density at radius 1 is 1.06 bits per heavy atom. The quantitative estimate of drug-likeness (QED) is 0.420. The number of hydrogen-bond acceptors (Lipinski definition) is 9. The molecule has 0 spiro atoms. The van der Waals surface area contributed by atoms with Gasteiger partial charge in [-0.25, -0.2) is 17.5 Å². The van der Waals surface area contributed by atoms with Crippen LogP contribution in [0.5, 0.6) is 5.75 Å². The number of fused-ring (bicyclic) bond motifs is 1. The normalized spacial score (nSPS) is 11.6. The van der Waals surface area contributed by atoms with Gasteiger partial charge in [0.1, 0.15) is 5.56 Å². The highest BCUT2D eigenvalue weighted by atomic mass is 32.2. The molecule has 12 heteroatoms. The molecular weight excluding hydrogens is 452 g/mol. The zero-order valence-corrected chi connectivity index (χ0v) is 18.5. The average Bonchev–Trinajstić information content (AvgIpc) is 3.26. The van der Waals surface area contributed by atoms with Crippen LogP contribution in [0.15, 0.2) is 67.1 Å². The van der Waals surface area contributed by atoms with Crippen LogP contribution in [0.2, 0.25) is 0 Å². The number of nitrogens with one attached hydrogen (secondary N) is 1. The topological polar surface area (TPSA) is 145 Å². The lowest BCUT2D eigenvalue weighted by molar-refractivity contribution is 0.102. The third-order valence-electron chi connectivity index (χ3n) is 4.71. The Labute approximate surface area is 187 Å². The maximum atomic E-state index is 12.6. The highest BCUT2D eigenvalue weighted by Gasteiger charge is 2.20. The summed E-state index contributed by atoms with van der Waals surface area (Å²) in [6.07, 6.45) is 0. The highest BCUT2D eigenvalue weighted by molar-refractivity contribution is 7.89. The van der Waals surface area contributed by atoms with Gasteiger partial charge in [-0.3, -0.25) is 10.1 Å². The van der Waals surface area contributed by atoms with Gasteiger partial charge >= 0.3 is 11.6 Å². The molecule has 0 saturated heterocycles. The van der Waals surface area contributed by atoms with Crippen LogP contribution >= 0.6 is 0 Å². The number of para-hydroxylation sites is 1. The summed E-state index contributed by atoms with van der Waals surface area (Å²) in [5.74, 6) is -0.382. The fourth-order valence-corrected chi connectivity index (χ4v) is 3.87. The fraction of sp³-hybridized carbons (Fsp3) is 0.143. The highest BCUT2D eigenvalue weighted by Crippen LogP contribution is 2.25. The molecule has 0 aliphatic rings. The van der Waals surface area contributed by atoms with Crippen LogP contribution < -0.4 is 15.7 Å². The number of carbonyl (C=O) groups excluding carboxylic acids is 1. The Kier molecular flexibility index (Phi) is 5.70. The van der Waals surface area contributed by atoms with Crippen molar-refractivity contribution in [2.75, 3.05) is 26.5 Å². The van der Waals surface area contributed by atoms with E-state index in [0.717, 1.165) is 4.31 Å². The van der Waals surface area contributed by atoms with Crippen LogP contribution in [-0.2, 0) is 10.0 Å². The van der Waals surface area contributed by atoms with Gasteiger partial charge in [-0.1, -0.05) is 17.2 Å². The molecule has 4 aromatic rings. The van der Waals surface area contributed by atoms with Gasteiger partial charge in [0.25, 0.3) is 5.91 Å². The molecule has 1 N–H and O–H groups in total. The second kappa shape index (κ2) is 8.48. The van der Waals surface area contributed by atoms with Crippen LogP contribution in [0.4, 0.5) is 6.01 Å². The maximum absolute atomic E-state index is 12.6. The van der Waals surface area contributed by atoms with Crippen molar-refractivity contribution in [3.8, 4) is 17.2 Å². The Morgan fingerprint density at radius 3 is 2.45 bits per heavy atom. The number of sulfonamides is 1. The van der Waals surface area contributed by atoms with Gasteiger partial charge in [-0.05, 0) is 36.4 Å².